The zero-order valence-corrected chi connectivity index (χ0v) is 12.6. The molecule has 0 atom stereocenters. The van der Waals surface area contributed by atoms with E-state index >= 15 is 0 Å². The van der Waals surface area contributed by atoms with Crippen LogP contribution < -0.4 is 0 Å². The average Bonchev–Trinajstić information content (AvgIpc) is 3.14. The molecule has 0 aliphatic rings. The van der Waals surface area contributed by atoms with Crippen molar-refractivity contribution in [2.24, 2.45) is 7.05 Å². The fourth-order valence-corrected chi connectivity index (χ4v) is 2.38. The Labute approximate surface area is 134 Å². The van der Waals surface area contributed by atoms with Crippen LogP contribution in [0, 0.1) is 0 Å². The number of aromatic nitrogens is 4. The van der Waals surface area contributed by atoms with Crippen LogP contribution in [0.1, 0.15) is 16.1 Å². The molecular formula is C15H13F3N4O2. The van der Waals surface area contributed by atoms with Gasteiger partial charge in [0.15, 0.2) is 0 Å². The SMILES string of the molecule is Cn1c(C(=O)OCCn2cncn2)cc2cc(C(F)(F)F)ccc21. The lowest BCUT2D eigenvalue weighted by Gasteiger charge is -2.07. The van der Waals surface area contributed by atoms with Crippen molar-refractivity contribution in [2.45, 2.75) is 12.7 Å². The predicted molar refractivity (Wildman–Crippen MR) is 78.2 cm³/mol. The summed E-state index contributed by atoms with van der Waals surface area (Å²) in [4.78, 5) is 15.9. The molecule has 0 saturated heterocycles. The fourth-order valence-electron chi connectivity index (χ4n) is 2.38. The van der Waals surface area contributed by atoms with E-state index in [0.29, 0.717) is 17.4 Å². The number of fused-ring (bicyclic) bond motifs is 1. The zero-order valence-electron chi connectivity index (χ0n) is 12.6. The molecule has 1 aromatic carbocycles. The largest absolute Gasteiger partial charge is 0.459 e. The van der Waals surface area contributed by atoms with Crippen LogP contribution in [0.5, 0.6) is 0 Å². The Bertz CT molecular complexity index is 869. The first kappa shape index (κ1) is 16.0. The molecule has 9 heteroatoms. The molecule has 0 aliphatic heterocycles. The number of ether oxygens (including phenoxy) is 1. The number of benzene rings is 1. The number of nitrogens with zero attached hydrogens (tertiary/aromatic N) is 4. The lowest BCUT2D eigenvalue weighted by Crippen LogP contribution is -2.14. The minimum Gasteiger partial charge on any atom is -0.459 e. The highest BCUT2D eigenvalue weighted by Crippen LogP contribution is 2.32. The van der Waals surface area contributed by atoms with Gasteiger partial charge in [-0.3, -0.25) is 0 Å². The standard InChI is InChI=1S/C15H13F3N4O2/c1-21-12-3-2-11(15(16,17)18)6-10(12)7-13(21)14(23)24-5-4-22-9-19-8-20-22/h2-3,6-9H,4-5H2,1H3. The van der Waals surface area contributed by atoms with Crippen molar-refractivity contribution < 1.29 is 22.7 Å². The number of carbonyl (C=O) groups is 1. The number of aryl methyl sites for hydroxylation is 1. The van der Waals surface area contributed by atoms with Crippen LogP contribution in [0.25, 0.3) is 10.9 Å². The summed E-state index contributed by atoms with van der Waals surface area (Å²) in [5.41, 5.74) is -0.0548. The van der Waals surface area contributed by atoms with Crippen molar-refractivity contribution in [2.75, 3.05) is 6.61 Å². The van der Waals surface area contributed by atoms with Gasteiger partial charge in [0.05, 0.1) is 12.1 Å². The molecule has 0 N–H and O–H groups in total. The monoisotopic (exact) mass is 338 g/mol. The summed E-state index contributed by atoms with van der Waals surface area (Å²) >= 11 is 0. The molecule has 0 aliphatic carbocycles. The second-order valence-corrected chi connectivity index (χ2v) is 5.15. The molecular weight excluding hydrogens is 325 g/mol. The van der Waals surface area contributed by atoms with E-state index < -0.39 is 17.7 Å². The van der Waals surface area contributed by atoms with E-state index in [-0.39, 0.29) is 12.3 Å². The topological polar surface area (TPSA) is 61.9 Å². The van der Waals surface area contributed by atoms with E-state index in [2.05, 4.69) is 10.1 Å². The molecule has 24 heavy (non-hydrogen) atoms. The third-order valence-electron chi connectivity index (χ3n) is 3.60. The molecule has 0 unspecified atom stereocenters. The Morgan fingerprint density at radius 1 is 1.29 bits per heavy atom. The second kappa shape index (κ2) is 5.99. The predicted octanol–water partition coefficient (Wildman–Crippen LogP) is 2.65. The maximum absolute atomic E-state index is 12.8. The molecule has 0 fully saturated rings. The average molecular weight is 338 g/mol. The summed E-state index contributed by atoms with van der Waals surface area (Å²) < 4.78 is 46.5. The van der Waals surface area contributed by atoms with Crippen LogP contribution in [-0.2, 0) is 24.5 Å². The Kier molecular flexibility index (Phi) is 4.00. The molecule has 2 heterocycles. The van der Waals surface area contributed by atoms with Crippen molar-refractivity contribution in [1.82, 2.24) is 19.3 Å². The van der Waals surface area contributed by atoms with Crippen LogP contribution in [0.3, 0.4) is 0 Å². The van der Waals surface area contributed by atoms with Crippen molar-refractivity contribution in [1.29, 1.82) is 0 Å². The first-order valence-corrected chi connectivity index (χ1v) is 7.02. The van der Waals surface area contributed by atoms with Crippen molar-refractivity contribution >= 4 is 16.9 Å². The van der Waals surface area contributed by atoms with Gasteiger partial charge in [0.25, 0.3) is 0 Å². The number of halogens is 3. The normalized spacial score (nSPS) is 11.8. The van der Waals surface area contributed by atoms with Crippen LogP contribution >= 0.6 is 0 Å². The lowest BCUT2D eigenvalue weighted by atomic mass is 10.1. The summed E-state index contributed by atoms with van der Waals surface area (Å²) in [6.45, 7) is 0.422. The van der Waals surface area contributed by atoms with Crippen molar-refractivity contribution in [3.63, 3.8) is 0 Å². The van der Waals surface area contributed by atoms with Gasteiger partial charge in [-0.25, -0.2) is 14.5 Å². The lowest BCUT2D eigenvalue weighted by molar-refractivity contribution is -0.137. The van der Waals surface area contributed by atoms with Gasteiger partial charge in [-0.05, 0) is 24.3 Å². The highest BCUT2D eigenvalue weighted by Gasteiger charge is 2.31. The van der Waals surface area contributed by atoms with E-state index in [1.807, 2.05) is 0 Å². The summed E-state index contributed by atoms with van der Waals surface area (Å²) in [7, 11) is 1.60. The highest BCUT2D eigenvalue weighted by molar-refractivity contribution is 5.95. The third kappa shape index (κ3) is 3.10. The Hall–Kier alpha value is -2.84. The smallest absolute Gasteiger partial charge is 0.416 e. The molecule has 0 saturated carbocycles. The summed E-state index contributed by atoms with van der Waals surface area (Å²) in [6, 6.07) is 4.73. The molecule has 0 spiro atoms. The van der Waals surface area contributed by atoms with Crippen LogP contribution in [-0.4, -0.2) is 31.9 Å². The molecule has 0 bridgehead atoms. The molecule has 126 valence electrons. The van der Waals surface area contributed by atoms with Crippen LogP contribution in [0.2, 0.25) is 0 Å². The highest BCUT2D eigenvalue weighted by atomic mass is 19.4. The molecule has 3 rings (SSSR count). The van der Waals surface area contributed by atoms with Gasteiger partial charge < -0.3 is 9.30 Å². The fraction of sp³-hybridized carbons (Fsp3) is 0.267. The maximum atomic E-state index is 12.8. The van der Waals surface area contributed by atoms with E-state index in [4.69, 9.17) is 4.74 Å². The summed E-state index contributed by atoms with van der Waals surface area (Å²) in [5.74, 6) is -0.609. The number of carbonyl (C=O) groups excluding carboxylic acids is 1. The second-order valence-electron chi connectivity index (χ2n) is 5.15. The van der Waals surface area contributed by atoms with Gasteiger partial charge in [0.1, 0.15) is 25.0 Å². The number of esters is 1. The van der Waals surface area contributed by atoms with Crippen LogP contribution in [0.4, 0.5) is 13.2 Å². The zero-order chi connectivity index (χ0) is 17.3. The van der Waals surface area contributed by atoms with E-state index in [1.165, 1.54) is 34.0 Å². The maximum Gasteiger partial charge on any atom is 0.416 e. The van der Waals surface area contributed by atoms with E-state index in [1.54, 1.807) is 7.05 Å². The van der Waals surface area contributed by atoms with Gasteiger partial charge in [-0.1, -0.05) is 0 Å². The quantitative estimate of drug-likeness (QED) is 0.686. The number of hydrogen-bond acceptors (Lipinski definition) is 4. The molecule has 3 aromatic rings. The number of rotatable bonds is 4. The third-order valence-corrected chi connectivity index (χ3v) is 3.60. The van der Waals surface area contributed by atoms with Crippen molar-refractivity contribution in [3.05, 3.63) is 48.2 Å². The number of hydrogen-bond donors (Lipinski definition) is 0. The summed E-state index contributed by atoms with van der Waals surface area (Å²) in [5, 5.41) is 4.20. The van der Waals surface area contributed by atoms with Gasteiger partial charge in [0.2, 0.25) is 0 Å². The van der Waals surface area contributed by atoms with Crippen LogP contribution in [0.15, 0.2) is 36.9 Å². The van der Waals surface area contributed by atoms with Gasteiger partial charge in [-0.15, -0.1) is 0 Å². The first-order chi connectivity index (χ1) is 11.4. The Morgan fingerprint density at radius 2 is 2.08 bits per heavy atom. The van der Waals surface area contributed by atoms with E-state index in [0.717, 1.165) is 12.1 Å². The Morgan fingerprint density at radius 3 is 2.75 bits per heavy atom. The Balaban J connectivity index is 1.78. The number of alkyl halides is 3. The van der Waals surface area contributed by atoms with Crippen molar-refractivity contribution in [3.8, 4) is 0 Å². The first-order valence-electron chi connectivity index (χ1n) is 7.02. The molecule has 0 radical (unpaired) electrons. The van der Waals surface area contributed by atoms with Gasteiger partial charge >= 0.3 is 12.1 Å². The minimum absolute atomic E-state index is 0.0809. The van der Waals surface area contributed by atoms with Gasteiger partial charge in [0, 0.05) is 18.0 Å². The minimum atomic E-state index is -4.43. The summed E-state index contributed by atoms with van der Waals surface area (Å²) in [6.07, 6.45) is -1.57. The molecule has 0 amide bonds. The molecule has 2 aromatic heterocycles. The van der Waals surface area contributed by atoms with E-state index in [9.17, 15) is 18.0 Å². The molecule has 6 nitrogen and oxygen atoms in total. The van der Waals surface area contributed by atoms with Gasteiger partial charge in [-0.2, -0.15) is 18.3 Å².